The van der Waals surface area contributed by atoms with Gasteiger partial charge in [0.2, 0.25) is 5.91 Å². The number of thiazole rings is 1. The van der Waals surface area contributed by atoms with Crippen molar-refractivity contribution in [1.29, 1.82) is 0 Å². The number of rotatable bonds is 4. The molecular formula is C25H26N4O3S. The molecule has 2 fully saturated rings. The predicted octanol–water partition coefficient (Wildman–Crippen LogP) is 3.78. The molecule has 1 N–H and O–H groups in total. The van der Waals surface area contributed by atoms with Gasteiger partial charge in [0.25, 0.3) is 5.91 Å². The average Bonchev–Trinajstić information content (AvgIpc) is 3.35. The number of imide groups is 1. The molecule has 3 aromatic rings. The Morgan fingerprint density at radius 2 is 1.94 bits per heavy atom. The normalized spacial score (nSPS) is 23.3. The number of fused-ring (bicyclic) bond motifs is 1. The van der Waals surface area contributed by atoms with Crippen molar-refractivity contribution in [3.63, 3.8) is 0 Å². The zero-order valence-electron chi connectivity index (χ0n) is 18.7. The molecule has 4 amide bonds. The molecule has 5 rings (SSSR count). The Morgan fingerprint density at radius 1 is 1.18 bits per heavy atom. The van der Waals surface area contributed by atoms with E-state index in [1.54, 1.807) is 23.2 Å². The van der Waals surface area contributed by atoms with Crippen LogP contribution in [-0.4, -0.2) is 52.3 Å². The van der Waals surface area contributed by atoms with E-state index in [1.807, 2.05) is 49.4 Å². The first-order chi connectivity index (χ1) is 15.8. The van der Waals surface area contributed by atoms with Crippen molar-refractivity contribution in [1.82, 2.24) is 20.1 Å². The maximum atomic E-state index is 13.2. The van der Waals surface area contributed by atoms with Gasteiger partial charge in [-0.3, -0.25) is 14.5 Å². The van der Waals surface area contributed by atoms with Gasteiger partial charge in [-0.15, -0.1) is 11.3 Å². The maximum Gasteiger partial charge on any atom is 0.325 e. The summed E-state index contributed by atoms with van der Waals surface area (Å²) in [4.78, 5) is 46.6. The Morgan fingerprint density at radius 3 is 2.70 bits per heavy atom. The third-order valence-corrected chi connectivity index (χ3v) is 7.83. The number of carbonyl (C=O) groups is 3. The number of para-hydroxylation sites is 1. The Kier molecular flexibility index (Phi) is 5.40. The van der Waals surface area contributed by atoms with E-state index >= 15 is 0 Å². The second kappa shape index (κ2) is 8.26. The summed E-state index contributed by atoms with van der Waals surface area (Å²) in [7, 11) is 0. The molecule has 0 aliphatic carbocycles. The summed E-state index contributed by atoms with van der Waals surface area (Å²) in [6.07, 6.45) is 1.84. The summed E-state index contributed by atoms with van der Waals surface area (Å²) >= 11 is 1.67. The second-order valence-corrected chi connectivity index (χ2v) is 10.1. The molecule has 0 radical (unpaired) electrons. The van der Waals surface area contributed by atoms with Crippen LogP contribution in [0.15, 0.2) is 48.5 Å². The average molecular weight is 463 g/mol. The zero-order valence-corrected chi connectivity index (χ0v) is 19.5. The van der Waals surface area contributed by atoms with Crippen molar-refractivity contribution in [2.45, 2.75) is 38.1 Å². The molecule has 2 saturated heterocycles. The Hall–Kier alpha value is -3.26. The summed E-state index contributed by atoms with van der Waals surface area (Å²) in [6, 6.07) is 15.0. The Balaban J connectivity index is 1.29. The standard InChI is InChI=1S/C25H26N4O3S/c1-16-9-11-18(12-10-16)25(2)23(31)29(24(32)27-25)15-21(30)28-13-5-6-17(14-28)22-26-19-7-3-4-8-20(19)33-22/h3-4,7-12,17H,5-6,13-15H2,1-2H3,(H,27,32)/t17-,25-/m0/s1. The fraction of sp³-hybridized carbons (Fsp3) is 0.360. The molecule has 170 valence electrons. The van der Waals surface area contributed by atoms with Gasteiger partial charge >= 0.3 is 6.03 Å². The van der Waals surface area contributed by atoms with Crippen LogP contribution in [0.3, 0.4) is 0 Å². The number of benzene rings is 2. The third kappa shape index (κ3) is 3.88. The second-order valence-electron chi connectivity index (χ2n) is 9.01. The van der Waals surface area contributed by atoms with Gasteiger partial charge in [0.15, 0.2) is 0 Å². The molecule has 3 heterocycles. The molecule has 2 atom stereocenters. The zero-order chi connectivity index (χ0) is 23.2. The summed E-state index contributed by atoms with van der Waals surface area (Å²) in [5.74, 6) is -0.442. The summed E-state index contributed by atoms with van der Waals surface area (Å²) < 4.78 is 1.14. The van der Waals surface area contributed by atoms with Gasteiger partial charge in [-0.2, -0.15) is 0 Å². The van der Waals surface area contributed by atoms with Gasteiger partial charge in [0.1, 0.15) is 12.1 Å². The van der Waals surface area contributed by atoms with E-state index in [2.05, 4.69) is 11.4 Å². The van der Waals surface area contributed by atoms with Gasteiger partial charge < -0.3 is 10.2 Å². The van der Waals surface area contributed by atoms with Crippen molar-refractivity contribution >= 4 is 39.4 Å². The van der Waals surface area contributed by atoms with E-state index in [0.29, 0.717) is 18.7 Å². The number of aryl methyl sites for hydroxylation is 1. The molecule has 33 heavy (non-hydrogen) atoms. The highest BCUT2D eigenvalue weighted by Crippen LogP contribution is 2.33. The van der Waals surface area contributed by atoms with Gasteiger partial charge in [-0.1, -0.05) is 42.0 Å². The van der Waals surface area contributed by atoms with Gasteiger partial charge in [-0.25, -0.2) is 9.78 Å². The topological polar surface area (TPSA) is 82.6 Å². The minimum absolute atomic E-state index is 0.168. The summed E-state index contributed by atoms with van der Waals surface area (Å²) in [5, 5.41) is 3.82. The fourth-order valence-electron chi connectivity index (χ4n) is 4.63. The minimum atomic E-state index is -1.17. The lowest BCUT2D eigenvalue weighted by molar-refractivity contribution is -0.139. The first-order valence-corrected chi connectivity index (χ1v) is 12.0. The van der Waals surface area contributed by atoms with E-state index in [9.17, 15) is 14.4 Å². The van der Waals surface area contributed by atoms with Gasteiger partial charge in [0, 0.05) is 19.0 Å². The maximum absolute atomic E-state index is 13.2. The number of aromatic nitrogens is 1. The van der Waals surface area contributed by atoms with Crippen LogP contribution in [-0.2, 0) is 15.1 Å². The largest absolute Gasteiger partial charge is 0.340 e. The molecule has 0 spiro atoms. The predicted molar refractivity (Wildman–Crippen MR) is 127 cm³/mol. The number of piperidine rings is 1. The number of amides is 4. The van der Waals surface area contributed by atoms with Gasteiger partial charge in [-0.05, 0) is 44.4 Å². The van der Waals surface area contributed by atoms with Crippen LogP contribution < -0.4 is 5.32 Å². The van der Waals surface area contributed by atoms with E-state index in [0.717, 1.165) is 38.5 Å². The lowest BCUT2D eigenvalue weighted by Gasteiger charge is -2.32. The molecule has 2 aliphatic heterocycles. The quantitative estimate of drug-likeness (QED) is 0.598. The van der Waals surface area contributed by atoms with Crippen LogP contribution in [0.1, 0.15) is 41.8 Å². The number of hydrogen-bond donors (Lipinski definition) is 1. The minimum Gasteiger partial charge on any atom is -0.340 e. The summed E-state index contributed by atoms with van der Waals surface area (Å²) in [5.41, 5.74) is 1.58. The number of likely N-dealkylation sites (tertiary alicyclic amines) is 1. The SMILES string of the molecule is Cc1ccc([C@]2(C)NC(=O)N(CC(=O)N3CCC[C@H](c4nc5ccccc5s4)C3)C2=O)cc1. The Labute approximate surface area is 196 Å². The van der Waals surface area contributed by atoms with Crippen LogP contribution >= 0.6 is 11.3 Å². The van der Waals surface area contributed by atoms with Crippen LogP contribution in [0, 0.1) is 6.92 Å². The van der Waals surface area contributed by atoms with Crippen LogP contribution in [0.5, 0.6) is 0 Å². The molecule has 7 nitrogen and oxygen atoms in total. The summed E-state index contributed by atoms with van der Waals surface area (Å²) in [6.45, 7) is 4.58. The first-order valence-electron chi connectivity index (χ1n) is 11.2. The van der Waals surface area contributed by atoms with Gasteiger partial charge in [0.05, 0.1) is 15.2 Å². The van der Waals surface area contributed by atoms with Crippen molar-refractivity contribution in [3.05, 3.63) is 64.7 Å². The Bertz CT molecular complexity index is 1200. The lowest BCUT2D eigenvalue weighted by atomic mass is 9.91. The molecule has 0 unspecified atom stereocenters. The molecular weight excluding hydrogens is 436 g/mol. The number of nitrogens with zero attached hydrogens (tertiary/aromatic N) is 3. The van der Waals surface area contributed by atoms with E-state index in [-0.39, 0.29) is 18.4 Å². The van der Waals surface area contributed by atoms with Crippen LogP contribution in [0.25, 0.3) is 10.2 Å². The van der Waals surface area contributed by atoms with Crippen LogP contribution in [0.2, 0.25) is 0 Å². The highest BCUT2D eigenvalue weighted by Gasteiger charge is 2.49. The monoisotopic (exact) mass is 462 g/mol. The molecule has 2 aliphatic rings. The number of urea groups is 1. The van der Waals surface area contributed by atoms with Crippen molar-refractivity contribution in [2.75, 3.05) is 19.6 Å². The van der Waals surface area contributed by atoms with E-state index in [4.69, 9.17) is 4.98 Å². The smallest absolute Gasteiger partial charge is 0.325 e. The molecule has 2 aromatic carbocycles. The van der Waals surface area contributed by atoms with E-state index in [1.165, 1.54) is 0 Å². The first kappa shape index (κ1) is 21.6. The number of hydrogen-bond acceptors (Lipinski definition) is 5. The molecule has 8 heteroatoms. The van der Waals surface area contributed by atoms with Crippen molar-refractivity contribution in [2.24, 2.45) is 0 Å². The highest BCUT2D eigenvalue weighted by molar-refractivity contribution is 7.18. The molecule has 0 saturated carbocycles. The number of nitrogens with one attached hydrogen (secondary N) is 1. The fourth-order valence-corrected chi connectivity index (χ4v) is 5.72. The third-order valence-electron chi connectivity index (χ3n) is 6.63. The van der Waals surface area contributed by atoms with Crippen molar-refractivity contribution < 1.29 is 14.4 Å². The number of carbonyl (C=O) groups excluding carboxylic acids is 3. The van der Waals surface area contributed by atoms with E-state index < -0.39 is 17.5 Å². The van der Waals surface area contributed by atoms with Crippen LogP contribution in [0.4, 0.5) is 4.79 Å². The highest BCUT2D eigenvalue weighted by atomic mass is 32.1. The lowest BCUT2D eigenvalue weighted by Crippen LogP contribution is -2.47. The molecule has 0 bridgehead atoms. The van der Waals surface area contributed by atoms with Crippen molar-refractivity contribution in [3.8, 4) is 0 Å². The molecule has 1 aromatic heterocycles.